The van der Waals surface area contributed by atoms with Crippen molar-refractivity contribution in [3.05, 3.63) is 59.5 Å². The van der Waals surface area contributed by atoms with Crippen LogP contribution in [0, 0.1) is 0 Å². The first-order valence-electron chi connectivity index (χ1n) is 9.16. The molecule has 0 aliphatic heterocycles. The Hall–Kier alpha value is -2.01. The normalized spacial score (nSPS) is 13.3. The number of furan rings is 1. The molecule has 4 N–H and O–H groups in total. The lowest BCUT2D eigenvalue weighted by Gasteiger charge is -2.13. The van der Waals surface area contributed by atoms with Crippen LogP contribution in [0.4, 0.5) is 0 Å². The van der Waals surface area contributed by atoms with Gasteiger partial charge in [-0.2, -0.15) is 11.8 Å². The van der Waals surface area contributed by atoms with Gasteiger partial charge in [-0.3, -0.25) is 4.72 Å². The Labute approximate surface area is 176 Å². The Kier molecular flexibility index (Phi) is 9.52. The van der Waals surface area contributed by atoms with Crippen LogP contribution in [0.3, 0.4) is 0 Å². The van der Waals surface area contributed by atoms with Crippen LogP contribution in [0.15, 0.2) is 51.9 Å². The molecular weight excluding hydrogens is 412 g/mol. The number of guanidine groups is 1. The predicted molar refractivity (Wildman–Crippen MR) is 117 cm³/mol. The predicted octanol–water partition coefficient (Wildman–Crippen LogP) is 1.46. The average molecular weight is 441 g/mol. The molecule has 1 atom stereocenters. The second kappa shape index (κ2) is 11.9. The summed E-state index contributed by atoms with van der Waals surface area (Å²) < 4.78 is 31.2. The van der Waals surface area contributed by atoms with Gasteiger partial charge in [-0.25, -0.2) is 13.4 Å². The van der Waals surface area contributed by atoms with E-state index in [-0.39, 0.29) is 12.5 Å². The average Bonchev–Trinajstić information content (AvgIpc) is 3.12. The molecular formula is C19H28N4O4S2. The van der Waals surface area contributed by atoms with Gasteiger partial charge < -0.3 is 20.2 Å². The van der Waals surface area contributed by atoms with Crippen molar-refractivity contribution in [2.45, 2.75) is 18.4 Å². The van der Waals surface area contributed by atoms with Gasteiger partial charge in [-0.05, 0) is 24.7 Å². The zero-order valence-electron chi connectivity index (χ0n) is 16.6. The summed E-state index contributed by atoms with van der Waals surface area (Å²) >= 11 is 1.66. The summed E-state index contributed by atoms with van der Waals surface area (Å²) in [5, 5.41) is 16.2. The summed E-state index contributed by atoms with van der Waals surface area (Å²) in [6.07, 6.45) is 0.251. The fourth-order valence-corrected chi connectivity index (χ4v) is 3.68. The van der Waals surface area contributed by atoms with Crippen LogP contribution in [0.5, 0.6) is 0 Å². The Morgan fingerprint density at radius 2 is 1.93 bits per heavy atom. The fraction of sp³-hybridized carbons (Fsp3) is 0.421. The largest absolute Gasteiger partial charge is 0.464 e. The highest BCUT2D eigenvalue weighted by Crippen LogP contribution is 2.15. The van der Waals surface area contributed by atoms with Crippen molar-refractivity contribution in [2.75, 3.05) is 32.1 Å². The van der Waals surface area contributed by atoms with Gasteiger partial charge in [0.2, 0.25) is 16.0 Å². The Balaban J connectivity index is 1.81. The molecule has 2 rings (SSSR count). The first kappa shape index (κ1) is 23.3. The number of aliphatic hydroxyl groups excluding tert-OH is 1. The summed E-state index contributed by atoms with van der Waals surface area (Å²) in [6, 6.07) is 13.0. The number of nitrogens with zero attached hydrogens (tertiary/aromatic N) is 1. The van der Waals surface area contributed by atoms with Crippen LogP contribution in [-0.2, 0) is 22.3 Å². The van der Waals surface area contributed by atoms with Crippen molar-refractivity contribution >= 4 is 27.7 Å². The molecule has 160 valence electrons. The second-order valence-electron chi connectivity index (χ2n) is 6.37. The quantitative estimate of drug-likeness (QED) is 0.237. The standard InChI is InChI=1S/C19H28N4O4S2/c1-20-12-16-8-9-17(27-16)14-28-11-10-21-19(23-29(2,25)26)22-13-18(24)15-6-4-3-5-7-15/h3-9,18,20,24H,10-14H2,1-2H3,(H2,21,22,23). The Morgan fingerprint density at radius 3 is 2.62 bits per heavy atom. The summed E-state index contributed by atoms with van der Waals surface area (Å²) in [5.74, 6) is 3.37. The van der Waals surface area contributed by atoms with Gasteiger partial charge in [-0.1, -0.05) is 30.3 Å². The third kappa shape index (κ3) is 9.35. The summed E-state index contributed by atoms with van der Waals surface area (Å²) in [7, 11) is -1.61. The maximum Gasteiger partial charge on any atom is 0.232 e. The van der Waals surface area contributed by atoms with Crippen molar-refractivity contribution in [3.63, 3.8) is 0 Å². The molecule has 0 saturated carbocycles. The summed E-state index contributed by atoms with van der Waals surface area (Å²) in [4.78, 5) is 4.20. The lowest BCUT2D eigenvalue weighted by Crippen LogP contribution is -2.41. The molecule has 0 amide bonds. The number of rotatable bonds is 11. The molecule has 8 nitrogen and oxygen atoms in total. The highest BCUT2D eigenvalue weighted by molar-refractivity contribution is 7.98. The molecule has 0 aliphatic rings. The molecule has 1 aromatic carbocycles. The van der Waals surface area contributed by atoms with Crippen LogP contribution >= 0.6 is 11.8 Å². The van der Waals surface area contributed by atoms with Crippen molar-refractivity contribution < 1.29 is 17.9 Å². The molecule has 1 aromatic heterocycles. The highest BCUT2D eigenvalue weighted by atomic mass is 32.2. The van der Waals surface area contributed by atoms with E-state index < -0.39 is 16.1 Å². The number of sulfonamides is 1. The number of hydrogen-bond acceptors (Lipinski definition) is 7. The molecule has 1 unspecified atom stereocenters. The lowest BCUT2D eigenvalue weighted by molar-refractivity contribution is 0.187. The molecule has 10 heteroatoms. The molecule has 0 spiro atoms. The third-order valence-corrected chi connectivity index (χ3v) is 5.29. The third-order valence-electron chi connectivity index (χ3n) is 3.74. The molecule has 2 aromatic rings. The topological polar surface area (TPSA) is 116 Å². The second-order valence-corrected chi connectivity index (χ2v) is 9.22. The van der Waals surface area contributed by atoms with Gasteiger partial charge in [-0.15, -0.1) is 0 Å². The van der Waals surface area contributed by atoms with Crippen LogP contribution < -0.4 is 15.4 Å². The van der Waals surface area contributed by atoms with Crippen LogP contribution in [0.1, 0.15) is 23.2 Å². The van der Waals surface area contributed by atoms with Gasteiger partial charge in [0.05, 0.1) is 31.2 Å². The van der Waals surface area contributed by atoms with E-state index in [9.17, 15) is 13.5 Å². The van der Waals surface area contributed by atoms with Crippen molar-refractivity contribution in [2.24, 2.45) is 4.99 Å². The van der Waals surface area contributed by atoms with E-state index in [1.165, 1.54) is 0 Å². The molecule has 0 aliphatic carbocycles. The fourth-order valence-electron chi connectivity index (χ4n) is 2.44. The number of aliphatic hydroxyl groups is 1. The Morgan fingerprint density at radius 1 is 1.21 bits per heavy atom. The zero-order valence-corrected chi connectivity index (χ0v) is 18.2. The maximum absolute atomic E-state index is 11.6. The van der Waals surface area contributed by atoms with Gasteiger partial charge >= 0.3 is 0 Å². The SMILES string of the molecule is CNCc1ccc(CSCCNC(=NCC(O)c2ccccc2)NS(C)(=O)=O)o1. The molecule has 0 saturated heterocycles. The first-order chi connectivity index (χ1) is 13.9. The van der Waals surface area contributed by atoms with Gasteiger partial charge in [0.1, 0.15) is 11.5 Å². The summed E-state index contributed by atoms with van der Waals surface area (Å²) in [6.45, 7) is 1.25. The maximum atomic E-state index is 11.6. The van der Waals surface area contributed by atoms with Gasteiger partial charge in [0, 0.05) is 12.3 Å². The van der Waals surface area contributed by atoms with E-state index in [0.717, 1.165) is 34.8 Å². The molecule has 29 heavy (non-hydrogen) atoms. The minimum atomic E-state index is -3.48. The van der Waals surface area contributed by atoms with E-state index in [0.29, 0.717) is 13.1 Å². The number of aliphatic imine (C=N–C) groups is 1. The number of thioether (sulfide) groups is 1. The van der Waals surface area contributed by atoms with Crippen LogP contribution in [0.2, 0.25) is 0 Å². The van der Waals surface area contributed by atoms with E-state index in [1.807, 2.05) is 37.4 Å². The van der Waals surface area contributed by atoms with Gasteiger partial charge in [0.15, 0.2) is 0 Å². The van der Waals surface area contributed by atoms with E-state index in [1.54, 1.807) is 23.9 Å². The summed E-state index contributed by atoms with van der Waals surface area (Å²) in [5.41, 5.74) is 0.724. The zero-order chi connectivity index (χ0) is 21.1. The number of benzene rings is 1. The van der Waals surface area contributed by atoms with Crippen LogP contribution in [-0.4, -0.2) is 51.6 Å². The highest BCUT2D eigenvalue weighted by Gasteiger charge is 2.10. The molecule has 0 bridgehead atoms. The van der Waals surface area contributed by atoms with Crippen molar-refractivity contribution in [1.29, 1.82) is 0 Å². The van der Waals surface area contributed by atoms with Crippen LogP contribution in [0.25, 0.3) is 0 Å². The lowest BCUT2D eigenvalue weighted by atomic mass is 10.1. The van der Waals surface area contributed by atoms with E-state index in [4.69, 9.17) is 4.42 Å². The smallest absolute Gasteiger partial charge is 0.232 e. The minimum absolute atomic E-state index is 0.0443. The molecule has 1 heterocycles. The molecule has 0 radical (unpaired) electrons. The van der Waals surface area contributed by atoms with Crippen molar-refractivity contribution in [3.8, 4) is 0 Å². The van der Waals surface area contributed by atoms with Gasteiger partial charge in [0.25, 0.3) is 0 Å². The van der Waals surface area contributed by atoms with E-state index in [2.05, 4.69) is 20.3 Å². The molecule has 0 fully saturated rings. The van der Waals surface area contributed by atoms with Crippen molar-refractivity contribution in [1.82, 2.24) is 15.4 Å². The Bertz CT molecular complexity index is 869. The number of nitrogens with one attached hydrogen (secondary N) is 3. The minimum Gasteiger partial charge on any atom is -0.464 e. The van der Waals surface area contributed by atoms with E-state index >= 15 is 0 Å². The monoisotopic (exact) mass is 440 g/mol. The number of hydrogen-bond donors (Lipinski definition) is 4. The first-order valence-corrected chi connectivity index (χ1v) is 12.2.